The van der Waals surface area contributed by atoms with Crippen LogP contribution in [0.15, 0.2) is 24.3 Å². The highest BCUT2D eigenvalue weighted by atomic mass is 32.2. The summed E-state index contributed by atoms with van der Waals surface area (Å²) < 4.78 is 25.5. The van der Waals surface area contributed by atoms with Crippen molar-refractivity contribution in [2.45, 2.75) is 45.1 Å². The lowest BCUT2D eigenvalue weighted by molar-refractivity contribution is -0.122. The first-order chi connectivity index (χ1) is 10.7. The van der Waals surface area contributed by atoms with Crippen LogP contribution in [0, 0.1) is 5.92 Å². The first-order valence-electron chi connectivity index (χ1n) is 7.94. The van der Waals surface area contributed by atoms with E-state index in [0.717, 1.165) is 25.7 Å². The molecule has 1 fully saturated rings. The zero-order valence-corrected chi connectivity index (χ0v) is 14.4. The van der Waals surface area contributed by atoms with Gasteiger partial charge in [0.1, 0.15) is 0 Å². The van der Waals surface area contributed by atoms with Crippen molar-refractivity contribution in [2.24, 2.45) is 11.7 Å². The second kappa shape index (κ2) is 6.88. The van der Waals surface area contributed by atoms with E-state index in [1.807, 2.05) is 6.92 Å². The van der Waals surface area contributed by atoms with Crippen LogP contribution in [-0.2, 0) is 14.8 Å². The maximum atomic E-state index is 12.4. The number of hydrogen-bond acceptors (Lipinski definition) is 4. The Hall–Kier alpha value is -1.60. The van der Waals surface area contributed by atoms with Gasteiger partial charge in [-0.1, -0.05) is 12.8 Å². The molecule has 1 aromatic carbocycles. The summed E-state index contributed by atoms with van der Waals surface area (Å²) in [5, 5.41) is 2.88. The molecule has 128 valence electrons. The Morgan fingerprint density at radius 1 is 1.26 bits per heavy atom. The molecular weight excluding hydrogens is 314 g/mol. The van der Waals surface area contributed by atoms with E-state index in [1.54, 1.807) is 31.2 Å². The van der Waals surface area contributed by atoms with Gasteiger partial charge in [0.05, 0.1) is 11.7 Å². The third-order valence-corrected chi connectivity index (χ3v) is 5.68. The Morgan fingerprint density at radius 2 is 1.87 bits per heavy atom. The topological polar surface area (TPSA) is 101 Å². The van der Waals surface area contributed by atoms with Gasteiger partial charge in [-0.25, -0.2) is 8.42 Å². The van der Waals surface area contributed by atoms with E-state index < -0.39 is 15.6 Å². The Kier molecular flexibility index (Phi) is 5.31. The van der Waals surface area contributed by atoms with Gasteiger partial charge in [0.15, 0.2) is 0 Å². The van der Waals surface area contributed by atoms with Crippen molar-refractivity contribution < 1.29 is 13.2 Å². The molecule has 1 aliphatic carbocycles. The van der Waals surface area contributed by atoms with Crippen LogP contribution < -0.4 is 15.8 Å². The Morgan fingerprint density at radius 3 is 2.43 bits per heavy atom. The highest BCUT2D eigenvalue weighted by Gasteiger charge is 2.37. The van der Waals surface area contributed by atoms with Crippen molar-refractivity contribution >= 4 is 27.3 Å². The zero-order chi connectivity index (χ0) is 17.1. The van der Waals surface area contributed by atoms with Crippen molar-refractivity contribution in [2.75, 3.05) is 15.8 Å². The predicted molar refractivity (Wildman–Crippen MR) is 92.7 cm³/mol. The fourth-order valence-electron chi connectivity index (χ4n) is 2.89. The van der Waals surface area contributed by atoms with Crippen LogP contribution in [0.1, 0.15) is 39.5 Å². The summed E-state index contributed by atoms with van der Waals surface area (Å²) >= 11 is 0. The molecular formula is C16H25N3O3S. The van der Waals surface area contributed by atoms with Gasteiger partial charge < -0.3 is 11.1 Å². The van der Waals surface area contributed by atoms with Gasteiger partial charge in [-0.2, -0.15) is 0 Å². The van der Waals surface area contributed by atoms with Gasteiger partial charge in [0.25, 0.3) is 0 Å². The monoisotopic (exact) mass is 339 g/mol. The molecule has 1 aliphatic rings. The van der Waals surface area contributed by atoms with Gasteiger partial charge in [0.2, 0.25) is 15.9 Å². The van der Waals surface area contributed by atoms with E-state index in [1.165, 1.54) is 0 Å². The third-order valence-electron chi connectivity index (χ3n) is 4.38. The number of carbonyl (C=O) groups excluding carboxylic acids is 1. The van der Waals surface area contributed by atoms with Gasteiger partial charge in [-0.05, 0) is 51.0 Å². The minimum absolute atomic E-state index is 0.0161. The van der Waals surface area contributed by atoms with Crippen LogP contribution in [0.3, 0.4) is 0 Å². The van der Waals surface area contributed by atoms with Crippen LogP contribution in [0.5, 0.6) is 0 Å². The van der Waals surface area contributed by atoms with Gasteiger partial charge in [0, 0.05) is 16.9 Å². The normalized spacial score (nSPS) is 24.9. The fraction of sp³-hybridized carbons (Fsp3) is 0.562. The molecule has 7 heteroatoms. The summed E-state index contributed by atoms with van der Waals surface area (Å²) in [4.78, 5) is 12.4. The molecule has 0 bridgehead atoms. The molecule has 6 nitrogen and oxygen atoms in total. The number of nitrogens with two attached hydrogens (primary N) is 1. The number of nitrogens with one attached hydrogen (secondary N) is 2. The first-order valence-corrected chi connectivity index (χ1v) is 9.59. The minimum Gasteiger partial charge on any atom is -0.326 e. The number of amides is 1. The van der Waals surface area contributed by atoms with E-state index in [2.05, 4.69) is 10.0 Å². The predicted octanol–water partition coefficient (Wildman–Crippen LogP) is 2.29. The van der Waals surface area contributed by atoms with E-state index in [9.17, 15) is 13.2 Å². The molecule has 4 N–H and O–H groups in total. The Labute approximate surface area is 137 Å². The number of carbonyl (C=O) groups is 1. The van der Waals surface area contributed by atoms with Gasteiger partial charge >= 0.3 is 0 Å². The van der Waals surface area contributed by atoms with Crippen LogP contribution >= 0.6 is 0 Å². The average Bonchev–Trinajstić information content (AvgIpc) is 2.48. The minimum atomic E-state index is -3.29. The van der Waals surface area contributed by atoms with E-state index in [-0.39, 0.29) is 17.6 Å². The Bertz CT molecular complexity index is 654. The molecule has 0 saturated heterocycles. The molecule has 23 heavy (non-hydrogen) atoms. The molecule has 1 aromatic rings. The molecule has 2 atom stereocenters. The SMILES string of the molecule is CCS(=O)(=O)Nc1ccc(NC(=O)C2CCCCC2(C)N)cc1. The van der Waals surface area contributed by atoms with Crippen molar-refractivity contribution in [1.82, 2.24) is 0 Å². The third kappa shape index (κ3) is 4.68. The number of benzene rings is 1. The lowest BCUT2D eigenvalue weighted by atomic mass is 9.74. The molecule has 0 radical (unpaired) electrons. The molecule has 2 unspecified atom stereocenters. The summed E-state index contributed by atoms with van der Waals surface area (Å²) in [5.41, 5.74) is 6.89. The molecule has 0 aromatic heterocycles. The summed E-state index contributed by atoms with van der Waals surface area (Å²) in [5.74, 6) is -0.256. The average molecular weight is 339 g/mol. The second-order valence-corrected chi connectivity index (χ2v) is 8.39. The summed E-state index contributed by atoms with van der Waals surface area (Å²) in [7, 11) is -3.29. The maximum absolute atomic E-state index is 12.4. The van der Waals surface area contributed by atoms with Gasteiger partial charge in [-0.15, -0.1) is 0 Å². The summed E-state index contributed by atoms with van der Waals surface area (Å²) in [6.45, 7) is 3.50. The number of anilines is 2. The Balaban J connectivity index is 2.02. The quantitative estimate of drug-likeness (QED) is 0.766. The molecule has 2 rings (SSSR count). The van der Waals surface area contributed by atoms with Crippen LogP contribution in [0.25, 0.3) is 0 Å². The van der Waals surface area contributed by atoms with Crippen molar-refractivity contribution in [1.29, 1.82) is 0 Å². The van der Waals surface area contributed by atoms with E-state index in [4.69, 9.17) is 5.73 Å². The number of rotatable bonds is 5. The summed E-state index contributed by atoms with van der Waals surface area (Å²) in [6, 6.07) is 6.63. The number of hydrogen-bond donors (Lipinski definition) is 3. The molecule has 0 heterocycles. The van der Waals surface area contributed by atoms with Gasteiger partial charge in [-0.3, -0.25) is 9.52 Å². The van der Waals surface area contributed by atoms with E-state index >= 15 is 0 Å². The molecule has 1 amide bonds. The lowest BCUT2D eigenvalue weighted by Gasteiger charge is -2.37. The standard InChI is InChI=1S/C16H25N3O3S/c1-3-23(21,22)19-13-9-7-12(8-10-13)18-15(20)14-6-4-5-11-16(14,2)17/h7-10,14,19H,3-6,11,17H2,1-2H3,(H,18,20). The largest absolute Gasteiger partial charge is 0.326 e. The van der Waals surface area contributed by atoms with Crippen molar-refractivity contribution in [3.8, 4) is 0 Å². The van der Waals surface area contributed by atoms with E-state index in [0.29, 0.717) is 11.4 Å². The molecule has 1 saturated carbocycles. The fourth-order valence-corrected chi connectivity index (χ4v) is 3.53. The second-order valence-electron chi connectivity index (χ2n) is 6.38. The smallest absolute Gasteiger partial charge is 0.232 e. The summed E-state index contributed by atoms with van der Waals surface area (Å²) in [6.07, 6.45) is 3.72. The maximum Gasteiger partial charge on any atom is 0.232 e. The molecule has 0 aliphatic heterocycles. The number of sulfonamides is 1. The van der Waals surface area contributed by atoms with Crippen LogP contribution in [-0.4, -0.2) is 25.6 Å². The van der Waals surface area contributed by atoms with Crippen LogP contribution in [0.4, 0.5) is 11.4 Å². The van der Waals surface area contributed by atoms with Crippen molar-refractivity contribution in [3.05, 3.63) is 24.3 Å². The first kappa shape index (κ1) is 17.7. The van der Waals surface area contributed by atoms with Crippen LogP contribution in [0.2, 0.25) is 0 Å². The lowest BCUT2D eigenvalue weighted by Crippen LogP contribution is -2.51. The molecule has 0 spiro atoms. The highest BCUT2D eigenvalue weighted by molar-refractivity contribution is 7.92. The zero-order valence-electron chi connectivity index (χ0n) is 13.6. The highest BCUT2D eigenvalue weighted by Crippen LogP contribution is 2.32. The van der Waals surface area contributed by atoms with Crippen molar-refractivity contribution in [3.63, 3.8) is 0 Å².